The van der Waals surface area contributed by atoms with Gasteiger partial charge in [-0.1, -0.05) is 90.5 Å². The van der Waals surface area contributed by atoms with E-state index in [1.54, 1.807) is 0 Å². The van der Waals surface area contributed by atoms with Crippen LogP contribution in [0.5, 0.6) is 0 Å². The zero-order valence-corrected chi connectivity index (χ0v) is 18.4. The lowest BCUT2D eigenvalue weighted by molar-refractivity contribution is 1.09. The lowest BCUT2D eigenvalue weighted by Crippen LogP contribution is -2.11. The number of nitrogens with zero attached hydrogens (tertiary/aromatic N) is 1. The normalized spacial score (nSPS) is 12.7. The van der Waals surface area contributed by atoms with Gasteiger partial charge in [0.15, 0.2) is 0 Å². The monoisotopic (exact) mass is 413 g/mol. The molecular formula is C31H27N. The van der Waals surface area contributed by atoms with E-state index in [4.69, 9.17) is 0 Å². The zero-order chi connectivity index (χ0) is 21.8. The number of rotatable bonds is 5. The quantitative estimate of drug-likeness (QED) is 0.235. The molecule has 1 aliphatic carbocycles. The first-order valence-corrected chi connectivity index (χ1v) is 11.2. The Morgan fingerprint density at radius 2 is 1.12 bits per heavy atom. The topological polar surface area (TPSA) is 3.24 Å². The van der Waals surface area contributed by atoms with Crippen molar-refractivity contribution in [1.29, 1.82) is 0 Å². The second-order valence-corrected chi connectivity index (χ2v) is 8.34. The fraction of sp³-hybridized carbons (Fsp3) is 0.0968. The summed E-state index contributed by atoms with van der Waals surface area (Å²) in [5.41, 5.74) is 10.1. The van der Waals surface area contributed by atoms with Gasteiger partial charge >= 0.3 is 0 Å². The standard InChI is InChI=1S/C31H27N/c1-24-11-13-25(14-12-24)15-16-26-17-20-30(21-18-26)32(29-9-3-2-4-10-29)31-22-19-27-7-5-6-8-28(27)23-31/h2-6,9-23H,7-8H2,1H3/b16-15+. The highest BCUT2D eigenvalue weighted by molar-refractivity contribution is 5.78. The maximum Gasteiger partial charge on any atom is 0.0464 e. The van der Waals surface area contributed by atoms with E-state index in [2.05, 4.69) is 133 Å². The van der Waals surface area contributed by atoms with E-state index in [1.165, 1.54) is 39.2 Å². The van der Waals surface area contributed by atoms with Crippen molar-refractivity contribution in [3.63, 3.8) is 0 Å². The van der Waals surface area contributed by atoms with Crippen LogP contribution < -0.4 is 4.90 Å². The zero-order valence-electron chi connectivity index (χ0n) is 18.4. The van der Waals surface area contributed by atoms with E-state index >= 15 is 0 Å². The molecule has 0 radical (unpaired) electrons. The Kier molecular flexibility index (Phi) is 5.72. The van der Waals surface area contributed by atoms with Crippen molar-refractivity contribution in [3.8, 4) is 0 Å². The number of allylic oxidation sites excluding steroid dienone is 2. The van der Waals surface area contributed by atoms with Gasteiger partial charge in [0, 0.05) is 17.1 Å². The van der Waals surface area contributed by atoms with Gasteiger partial charge in [-0.2, -0.15) is 0 Å². The summed E-state index contributed by atoms with van der Waals surface area (Å²) >= 11 is 0. The first-order chi connectivity index (χ1) is 15.8. The molecule has 0 N–H and O–H groups in total. The molecule has 5 rings (SSSR count). The van der Waals surface area contributed by atoms with Gasteiger partial charge in [0.05, 0.1) is 0 Å². The Morgan fingerprint density at radius 3 is 1.81 bits per heavy atom. The van der Waals surface area contributed by atoms with Crippen molar-refractivity contribution in [2.24, 2.45) is 0 Å². The van der Waals surface area contributed by atoms with Gasteiger partial charge in [0.1, 0.15) is 0 Å². The van der Waals surface area contributed by atoms with Crippen LogP contribution in [-0.2, 0) is 12.8 Å². The summed E-state index contributed by atoms with van der Waals surface area (Å²) < 4.78 is 0. The van der Waals surface area contributed by atoms with Gasteiger partial charge in [-0.3, -0.25) is 0 Å². The molecule has 0 saturated carbocycles. The number of hydrogen-bond acceptors (Lipinski definition) is 1. The lowest BCUT2D eigenvalue weighted by atomic mass is 9.96. The molecule has 1 heteroatoms. The third-order valence-corrected chi connectivity index (χ3v) is 6.00. The van der Waals surface area contributed by atoms with Crippen LogP contribution in [0.2, 0.25) is 0 Å². The van der Waals surface area contributed by atoms with Crippen molar-refractivity contribution in [2.45, 2.75) is 19.8 Å². The van der Waals surface area contributed by atoms with Crippen LogP contribution in [0.1, 0.15) is 27.8 Å². The minimum atomic E-state index is 1.01. The van der Waals surface area contributed by atoms with Crippen LogP contribution in [0.15, 0.2) is 109 Å². The van der Waals surface area contributed by atoms with Crippen LogP contribution in [0, 0.1) is 6.92 Å². The Morgan fingerprint density at radius 1 is 0.562 bits per heavy atom. The van der Waals surface area contributed by atoms with E-state index in [-0.39, 0.29) is 0 Å². The van der Waals surface area contributed by atoms with Crippen LogP contribution >= 0.6 is 0 Å². The first-order valence-electron chi connectivity index (χ1n) is 11.2. The molecule has 0 saturated heterocycles. The largest absolute Gasteiger partial charge is 0.310 e. The number of benzene rings is 4. The minimum Gasteiger partial charge on any atom is -0.310 e. The summed E-state index contributed by atoms with van der Waals surface area (Å²) in [5, 5.41) is 0. The summed E-state index contributed by atoms with van der Waals surface area (Å²) in [5.74, 6) is 0. The highest BCUT2D eigenvalue weighted by atomic mass is 15.1. The molecule has 0 amide bonds. The molecule has 1 nitrogen and oxygen atoms in total. The third kappa shape index (κ3) is 4.43. The molecule has 0 aliphatic heterocycles. The van der Waals surface area contributed by atoms with Gasteiger partial charge in [0.2, 0.25) is 0 Å². The maximum atomic E-state index is 2.34. The number of para-hydroxylation sites is 1. The SMILES string of the molecule is Cc1ccc(/C=C/c2ccc(N(c3ccccc3)c3ccc4c(c3)CC=CC4)cc2)cc1. The van der Waals surface area contributed by atoms with Crippen LogP contribution in [0.4, 0.5) is 17.1 Å². The van der Waals surface area contributed by atoms with E-state index < -0.39 is 0 Å². The maximum absolute atomic E-state index is 2.34. The molecule has 1 aliphatic rings. The third-order valence-electron chi connectivity index (χ3n) is 6.00. The molecule has 0 atom stereocenters. The molecule has 0 bridgehead atoms. The Hall–Kier alpha value is -3.84. The highest BCUT2D eigenvalue weighted by Gasteiger charge is 2.14. The van der Waals surface area contributed by atoms with Crippen molar-refractivity contribution in [1.82, 2.24) is 0 Å². The van der Waals surface area contributed by atoms with E-state index in [9.17, 15) is 0 Å². The van der Waals surface area contributed by atoms with Crippen molar-refractivity contribution >= 4 is 29.2 Å². The Balaban J connectivity index is 1.46. The van der Waals surface area contributed by atoms with Crippen molar-refractivity contribution in [2.75, 3.05) is 4.90 Å². The number of hydrogen-bond donors (Lipinski definition) is 0. The molecule has 4 aromatic carbocycles. The first kappa shape index (κ1) is 20.1. The second-order valence-electron chi connectivity index (χ2n) is 8.34. The predicted molar refractivity (Wildman–Crippen MR) is 138 cm³/mol. The van der Waals surface area contributed by atoms with Crippen molar-refractivity contribution in [3.05, 3.63) is 137 Å². The molecule has 0 heterocycles. The minimum absolute atomic E-state index is 1.01. The van der Waals surface area contributed by atoms with Gasteiger partial charge in [-0.05, 0) is 78.4 Å². The molecule has 156 valence electrons. The van der Waals surface area contributed by atoms with Gasteiger partial charge in [0.25, 0.3) is 0 Å². The predicted octanol–water partition coefficient (Wildman–Crippen LogP) is 8.29. The molecule has 0 fully saturated rings. The molecule has 4 aromatic rings. The van der Waals surface area contributed by atoms with Crippen LogP contribution in [-0.4, -0.2) is 0 Å². The molecule has 0 unspecified atom stereocenters. The fourth-order valence-electron chi connectivity index (χ4n) is 4.19. The fourth-order valence-corrected chi connectivity index (χ4v) is 4.19. The molecular weight excluding hydrogens is 386 g/mol. The van der Waals surface area contributed by atoms with Crippen LogP contribution in [0.25, 0.3) is 12.2 Å². The van der Waals surface area contributed by atoms with E-state index in [0.29, 0.717) is 0 Å². The van der Waals surface area contributed by atoms with Crippen LogP contribution in [0.3, 0.4) is 0 Å². The summed E-state index contributed by atoms with van der Waals surface area (Å²) in [7, 11) is 0. The highest BCUT2D eigenvalue weighted by Crippen LogP contribution is 2.36. The lowest BCUT2D eigenvalue weighted by Gasteiger charge is -2.27. The smallest absolute Gasteiger partial charge is 0.0464 e. The molecule has 0 aromatic heterocycles. The van der Waals surface area contributed by atoms with Gasteiger partial charge in [-0.15, -0.1) is 0 Å². The summed E-state index contributed by atoms with van der Waals surface area (Å²) in [6.45, 7) is 2.12. The average molecular weight is 414 g/mol. The average Bonchev–Trinajstić information content (AvgIpc) is 2.85. The van der Waals surface area contributed by atoms with Gasteiger partial charge < -0.3 is 4.90 Å². The van der Waals surface area contributed by atoms with Gasteiger partial charge in [-0.25, -0.2) is 0 Å². The van der Waals surface area contributed by atoms with Crippen molar-refractivity contribution < 1.29 is 0 Å². The van der Waals surface area contributed by atoms with E-state index in [1.807, 2.05) is 0 Å². The Bertz CT molecular complexity index is 1250. The number of fused-ring (bicyclic) bond motifs is 1. The summed E-state index contributed by atoms with van der Waals surface area (Å²) in [4.78, 5) is 2.34. The second kappa shape index (κ2) is 9.11. The molecule has 0 spiro atoms. The number of aryl methyl sites for hydroxylation is 1. The summed E-state index contributed by atoms with van der Waals surface area (Å²) in [6, 6.07) is 34.9. The molecule has 32 heavy (non-hydrogen) atoms. The Labute approximate surface area is 191 Å². The summed E-state index contributed by atoms with van der Waals surface area (Å²) in [6.07, 6.45) is 10.9. The number of anilines is 3. The van der Waals surface area contributed by atoms with E-state index in [0.717, 1.165) is 18.5 Å².